The summed E-state index contributed by atoms with van der Waals surface area (Å²) >= 11 is 0. The third-order valence-corrected chi connectivity index (χ3v) is 4.33. The lowest BCUT2D eigenvalue weighted by atomic mass is 10.2. The normalized spacial score (nSPS) is 11.0. The Morgan fingerprint density at radius 1 is 1.14 bits per heavy atom. The van der Waals surface area contributed by atoms with Gasteiger partial charge < -0.3 is 10.4 Å². The van der Waals surface area contributed by atoms with Gasteiger partial charge >= 0.3 is 5.97 Å². The molecule has 116 valence electrons. The smallest absolute Gasteiger partial charge is 0.335 e. The maximum absolute atomic E-state index is 12.5. The van der Waals surface area contributed by atoms with Crippen LogP contribution in [0, 0.1) is 0 Å². The summed E-state index contributed by atoms with van der Waals surface area (Å²) in [4.78, 5) is 11.0. The molecule has 0 saturated heterocycles. The Morgan fingerprint density at radius 2 is 1.82 bits per heavy atom. The van der Waals surface area contributed by atoms with Gasteiger partial charge in [0, 0.05) is 12.2 Å². The molecular weight excluding hydrogens is 304 g/mol. The molecule has 0 spiro atoms. The van der Waals surface area contributed by atoms with E-state index in [1.54, 1.807) is 30.3 Å². The number of rotatable bonds is 6. The van der Waals surface area contributed by atoms with Crippen LogP contribution in [-0.2, 0) is 10.0 Å². The van der Waals surface area contributed by atoms with Gasteiger partial charge in [-0.2, -0.15) is 0 Å². The summed E-state index contributed by atoms with van der Waals surface area (Å²) in [5.41, 5.74) is 0.677. The van der Waals surface area contributed by atoms with E-state index in [9.17, 15) is 13.2 Å². The van der Waals surface area contributed by atoms with Gasteiger partial charge in [-0.1, -0.05) is 18.2 Å². The average molecular weight is 320 g/mol. The lowest BCUT2D eigenvalue weighted by Crippen LogP contribution is -2.16. The van der Waals surface area contributed by atoms with Gasteiger partial charge in [0.1, 0.15) is 4.90 Å². The topological polar surface area (TPSA) is 95.5 Å². The molecule has 0 aliphatic rings. The minimum absolute atomic E-state index is 0.0879. The number of hydrogen-bond donors (Lipinski definition) is 3. The van der Waals surface area contributed by atoms with Crippen molar-refractivity contribution in [1.82, 2.24) is 0 Å². The van der Waals surface area contributed by atoms with E-state index in [2.05, 4.69) is 10.0 Å². The zero-order chi connectivity index (χ0) is 16.2. The first-order valence-corrected chi connectivity index (χ1v) is 8.11. The lowest BCUT2D eigenvalue weighted by molar-refractivity contribution is 0.0696. The van der Waals surface area contributed by atoms with E-state index in [4.69, 9.17) is 5.11 Å². The van der Waals surface area contributed by atoms with E-state index in [1.807, 2.05) is 6.92 Å². The van der Waals surface area contributed by atoms with E-state index in [1.165, 1.54) is 12.1 Å². The van der Waals surface area contributed by atoms with Crippen molar-refractivity contribution in [3.63, 3.8) is 0 Å². The van der Waals surface area contributed by atoms with Crippen LogP contribution >= 0.6 is 0 Å². The Bertz CT molecular complexity index is 773. The SMILES string of the molecule is CCNc1ccc(C(=O)O)cc1S(=O)(=O)Nc1ccccc1. The van der Waals surface area contributed by atoms with Gasteiger partial charge in [-0.25, -0.2) is 13.2 Å². The molecule has 0 unspecified atom stereocenters. The van der Waals surface area contributed by atoms with Gasteiger partial charge in [-0.15, -0.1) is 0 Å². The molecule has 3 N–H and O–H groups in total. The summed E-state index contributed by atoms with van der Waals surface area (Å²) in [5.74, 6) is -1.18. The zero-order valence-corrected chi connectivity index (χ0v) is 12.7. The first-order valence-electron chi connectivity index (χ1n) is 6.63. The van der Waals surface area contributed by atoms with Crippen LogP contribution in [0.3, 0.4) is 0 Å². The molecule has 0 aromatic heterocycles. The first-order chi connectivity index (χ1) is 10.4. The van der Waals surface area contributed by atoms with Crippen molar-refractivity contribution in [3.8, 4) is 0 Å². The molecule has 0 heterocycles. The highest BCUT2D eigenvalue weighted by Gasteiger charge is 2.20. The summed E-state index contributed by atoms with van der Waals surface area (Å²) in [7, 11) is -3.90. The summed E-state index contributed by atoms with van der Waals surface area (Å²) in [5, 5.41) is 12.0. The Kier molecular flexibility index (Phi) is 4.67. The zero-order valence-electron chi connectivity index (χ0n) is 11.9. The lowest BCUT2D eigenvalue weighted by Gasteiger charge is -2.14. The van der Waals surface area contributed by atoms with Gasteiger partial charge in [-0.3, -0.25) is 4.72 Å². The molecule has 0 bridgehead atoms. The van der Waals surface area contributed by atoms with E-state index in [-0.39, 0.29) is 10.5 Å². The fourth-order valence-corrected chi connectivity index (χ4v) is 3.20. The van der Waals surface area contributed by atoms with Crippen molar-refractivity contribution >= 4 is 27.4 Å². The molecule has 7 heteroatoms. The van der Waals surface area contributed by atoms with E-state index < -0.39 is 16.0 Å². The highest BCUT2D eigenvalue weighted by molar-refractivity contribution is 7.92. The number of benzene rings is 2. The van der Waals surface area contributed by atoms with Crippen molar-refractivity contribution in [2.45, 2.75) is 11.8 Å². The van der Waals surface area contributed by atoms with Crippen LogP contribution in [0.5, 0.6) is 0 Å². The average Bonchev–Trinajstić information content (AvgIpc) is 2.48. The number of carbonyl (C=O) groups is 1. The summed E-state index contributed by atoms with van der Waals surface area (Å²) in [6, 6.07) is 12.4. The highest BCUT2D eigenvalue weighted by Crippen LogP contribution is 2.25. The van der Waals surface area contributed by atoms with Crippen molar-refractivity contribution in [3.05, 3.63) is 54.1 Å². The number of anilines is 2. The van der Waals surface area contributed by atoms with Crippen LogP contribution in [-0.4, -0.2) is 26.0 Å². The molecule has 0 aliphatic carbocycles. The largest absolute Gasteiger partial charge is 0.478 e. The highest BCUT2D eigenvalue weighted by atomic mass is 32.2. The predicted octanol–water partition coefficient (Wildman–Crippen LogP) is 2.62. The number of carboxylic acid groups (broad SMARTS) is 1. The Labute approximate surface area is 128 Å². The van der Waals surface area contributed by atoms with E-state index >= 15 is 0 Å². The maximum Gasteiger partial charge on any atom is 0.335 e. The predicted molar refractivity (Wildman–Crippen MR) is 84.8 cm³/mol. The standard InChI is InChI=1S/C15H16N2O4S/c1-2-16-13-9-8-11(15(18)19)10-14(13)22(20,21)17-12-6-4-3-5-7-12/h3-10,16-17H,2H2,1H3,(H,18,19). The molecular formula is C15H16N2O4S. The molecule has 0 radical (unpaired) electrons. The van der Waals surface area contributed by atoms with Gasteiger partial charge in [0.25, 0.3) is 10.0 Å². The van der Waals surface area contributed by atoms with Crippen LogP contribution in [0.15, 0.2) is 53.4 Å². The number of carboxylic acids is 1. The number of para-hydroxylation sites is 1. The molecule has 22 heavy (non-hydrogen) atoms. The van der Waals surface area contributed by atoms with E-state index in [0.29, 0.717) is 17.9 Å². The van der Waals surface area contributed by atoms with Crippen LogP contribution in [0.25, 0.3) is 0 Å². The second-order valence-corrected chi connectivity index (χ2v) is 6.17. The second-order valence-electron chi connectivity index (χ2n) is 4.52. The van der Waals surface area contributed by atoms with Crippen LogP contribution < -0.4 is 10.0 Å². The Morgan fingerprint density at radius 3 is 2.41 bits per heavy atom. The summed E-state index contributed by atoms with van der Waals surface area (Å²) in [6.07, 6.45) is 0. The molecule has 0 aliphatic heterocycles. The third-order valence-electron chi connectivity index (χ3n) is 2.91. The minimum atomic E-state index is -3.90. The van der Waals surface area contributed by atoms with Crippen molar-refractivity contribution in [2.75, 3.05) is 16.6 Å². The van der Waals surface area contributed by atoms with Crippen molar-refractivity contribution < 1.29 is 18.3 Å². The van der Waals surface area contributed by atoms with Crippen molar-refractivity contribution in [1.29, 1.82) is 0 Å². The van der Waals surface area contributed by atoms with Gasteiger partial charge in [0.05, 0.1) is 11.3 Å². The monoisotopic (exact) mass is 320 g/mol. The number of aromatic carboxylic acids is 1. The third kappa shape index (κ3) is 3.56. The molecule has 0 amide bonds. The molecule has 0 saturated carbocycles. The first kappa shape index (κ1) is 15.8. The number of sulfonamides is 1. The Hall–Kier alpha value is -2.54. The van der Waals surface area contributed by atoms with Crippen LogP contribution in [0.4, 0.5) is 11.4 Å². The second kappa shape index (κ2) is 6.48. The fraction of sp³-hybridized carbons (Fsp3) is 0.133. The minimum Gasteiger partial charge on any atom is -0.478 e. The van der Waals surface area contributed by atoms with Gasteiger partial charge in [-0.05, 0) is 37.3 Å². The molecule has 2 aromatic rings. The van der Waals surface area contributed by atoms with Gasteiger partial charge in [0.2, 0.25) is 0 Å². The maximum atomic E-state index is 12.5. The number of hydrogen-bond acceptors (Lipinski definition) is 4. The van der Waals surface area contributed by atoms with Crippen molar-refractivity contribution in [2.24, 2.45) is 0 Å². The Balaban J connectivity index is 2.47. The van der Waals surface area contributed by atoms with Crippen LogP contribution in [0.1, 0.15) is 17.3 Å². The van der Waals surface area contributed by atoms with Crippen LogP contribution in [0.2, 0.25) is 0 Å². The van der Waals surface area contributed by atoms with E-state index in [0.717, 1.165) is 6.07 Å². The summed E-state index contributed by atoms with van der Waals surface area (Å²) in [6.45, 7) is 2.34. The molecule has 0 atom stereocenters. The summed E-state index contributed by atoms with van der Waals surface area (Å²) < 4.78 is 27.5. The fourth-order valence-electron chi connectivity index (χ4n) is 1.93. The van der Waals surface area contributed by atoms with Gasteiger partial charge in [0.15, 0.2) is 0 Å². The molecule has 6 nitrogen and oxygen atoms in total. The number of nitrogens with one attached hydrogen (secondary N) is 2. The molecule has 0 fully saturated rings. The quantitative estimate of drug-likeness (QED) is 0.760. The molecule has 2 rings (SSSR count). The molecule has 2 aromatic carbocycles.